The molecule has 1 aliphatic rings. The molecular weight excluding hydrogens is 276 g/mol. The summed E-state index contributed by atoms with van der Waals surface area (Å²) in [6.45, 7) is 3.31. The van der Waals surface area contributed by atoms with Crippen molar-refractivity contribution >= 4 is 18.3 Å². The summed E-state index contributed by atoms with van der Waals surface area (Å²) >= 11 is 0. The quantitative estimate of drug-likeness (QED) is 0.874. The van der Waals surface area contributed by atoms with E-state index in [1.807, 2.05) is 24.3 Å². The van der Waals surface area contributed by atoms with Gasteiger partial charge in [0.05, 0.1) is 6.61 Å². The molecule has 20 heavy (non-hydrogen) atoms. The van der Waals surface area contributed by atoms with E-state index in [9.17, 15) is 4.79 Å². The van der Waals surface area contributed by atoms with E-state index in [1.165, 1.54) is 12.8 Å². The van der Waals surface area contributed by atoms with Gasteiger partial charge in [-0.15, -0.1) is 12.4 Å². The zero-order valence-electron chi connectivity index (χ0n) is 11.9. The number of ether oxygens (including phenoxy) is 1. The van der Waals surface area contributed by atoms with Crippen molar-refractivity contribution in [2.45, 2.75) is 19.4 Å². The normalized spacial score (nSPS) is 18.1. The number of carbonyl (C=O) groups excluding carboxylic acids is 1. The van der Waals surface area contributed by atoms with Crippen molar-refractivity contribution in [1.82, 2.24) is 10.6 Å². The summed E-state index contributed by atoms with van der Waals surface area (Å²) in [5, 5.41) is 6.39. The Balaban J connectivity index is 0.00000200. The van der Waals surface area contributed by atoms with E-state index in [1.54, 1.807) is 7.11 Å². The highest BCUT2D eigenvalue weighted by atomic mass is 35.5. The average Bonchev–Trinajstić information content (AvgIpc) is 2.47. The van der Waals surface area contributed by atoms with Crippen molar-refractivity contribution in [3.8, 4) is 0 Å². The molecule has 2 rings (SSSR count). The third-order valence-electron chi connectivity index (χ3n) is 3.51. The molecule has 1 aromatic carbocycles. The minimum Gasteiger partial charge on any atom is -0.380 e. The van der Waals surface area contributed by atoms with Crippen LogP contribution in [-0.2, 0) is 11.3 Å². The van der Waals surface area contributed by atoms with E-state index in [2.05, 4.69) is 10.6 Å². The van der Waals surface area contributed by atoms with E-state index < -0.39 is 0 Å². The second kappa shape index (κ2) is 8.95. The lowest BCUT2D eigenvalue weighted by molar-refractivity contribution is 0.0940. The highest BCUT2D eigenvalue weighted by molar-refractivity contribution is 5.95. The molecule has 1 fully saturated rings. The number of nitrogens with one attached hydrogen (secondary N) is 2. The first kappa shape index (κ1) is 17.0. The highest BCUT2D eigenvalue weighted by Gasteiger charge is 2.15. The van der Waals surface area contributed by atoms with Crippen LogP contribution in [-0.4, -0.2) is 32.7 Å². The molecule has 0 saturated carbocycles. The molecule has 1 heterocycles. The number of methoxy groups -OCH3 is 1. The number of carbonyl (C=O) groups is 1. The van der Waals surface area contributed by atoms with Gasteiger partial charge in [-0.3, -0.25) is 4.79 Å². The zero-order valence-corrected chi connectivity index (χ0v) is 12.7. The third kappa shape index (κ3) is 4.78. The van der Waals surface area contributed by atoms with Gasteiger partial charge in [0.1, 0.15) is 0 Å². The summed E-state index contributed by atoms with van der Waals surface area (Å²) < 4.78 is 5.12. The molecule has 1 saturated heterocycles. The second-order valence-electron chi connectivity index (χ2n) is 5.01. The molecule has 1 aliphatic heterocycles. The molecule has 1 amide bonds. The number of rotatable bonds is 5. The van der Waals surface area contributed by atoms with E-state index in [-0.39, 0.29) is 18.3 Å². The topological polar surface area (TPSA) is 50.4 Å². The van der Waals surface area contributed by atoms with Gasteiger partial charge in [0, 0.05) is 19.2 Å². The van der Waals surface area contributed by atoms with Crippen LogP contribution in [0.5, 0.6) is 0 Å². The fourth-order valence-electron chi connectivity index (χ4n) is 2.45. The maximum absolute atomic E-state index is 12.2. The number of hydrogen-bond acceptors (Lipinski definition) is 3. The number of piperidine rings is 1. The van der Waals surface area contributed by atoms with Gasteiger partial charge < -0.3 is 15.4 Å². The first-order chi connectivity index (χ1) is 9.31. The minimum atomic E-state index is -0.00164. The maximum atomic E-state index is 12.2. The van der Waals surface area contributed by atoms with Crippen molar-refractivity contribution in [1.29, 1.82) is 0 Å². The molecule has 4 nitrogen and oxygen atoms in total. The van der Waals surface area contributed by atoms with Crippen LogP contribution in [0.2, 0.25) is 0 Å². The Labute approximate surface area is 126 Å². The molecule has 0 spiro atoms. The number of amides is 1. The Morgan fingerprint density at radius 3 is 2.95 bits per heavy atom. The summed E-state index contributed by atoms with van der Waals surface area (Å²) in [4.78, 5) is 12.2. The largest absolute Gasteiger partial charge is 0.380 e. The molecular formula is C15H23ClN2O2. The summed E-state index contributed by atoms with van der Waals surface area (Å²) in [5.41, 5.74) is 1.65. The third-order valence-corrected chi connectivity index (χ3v) is 3.51. The highest BCUT2D eigenvalue weighted by Crippen LogP contribution is 2.11. The van der Waals surface area contributed by atoms with Gasteiger partial charge in [-0.25, -0.2) is 0 Å². The van der Waals surface area contributed by atoms with Crippen LogP contribution >= 0.6 is 12.4 Å². The number of benzene rings is 1. The van der Waals surface area contributed by atoms with Crippen LogP contribution in [0.25, 0.3) is 0 Å². The number of halogens is 1. The van der Waals surface area contributed by atoms with Crippen molar-refractivity contribution in [2.24, 2.45) is 5.92 Å². The smallest absolute Gasteiger partial charge is 0.251 e. The minimum absolute atomic E-state index is 0. The lowest BCUT2D eigenvalue weighted by atomic mass is 9.99. The molecule has 2 N–H and O–H groups in total. The summed E-state index contributed by atoms with van der Waals surface area (Å²) in [7, 11) is 1.64. The van der Waals surface area contributed by atoms with Gasteiger partial charge in [0.25, 0.3) is 5.91 Å². The Kier molecular flexibility index (Phi) is 7.59. The van der Waals surface area contributed by atoms with Crippen LogP contribution in [0.1, 0.15) is 28.8 Å². The standard InChI is InChI=1S/C15H22N2O2.ClH/c1-19-11-13-6-2-3-7-14(13)15(18)17-10-12-5-4-8-16-9-12;/h2-3,6-7,12,16H,4-5,8-11H2,1H3,(H,17,18);1H. The molecule has 0 radical (unpaired) electrons. The van der Waals surface area contributed by atoms with E-state index in [4.69, 9.17) is 4.74 Å². The van der Waals surface area contributed by atoms with Crippen molar-refractivity contribution in [3.63, 3.8) is 0 Å². The Morgan fingerprint density at radius 1 is 1.45 bits per heavy atom. The monoisotopic (exact) mass is 298 g/mol. The summed E-state index contributed by atoms with van der Waals surface area (Å²) in [6, 6.07) is 7.59. The molecule has 5 heteroatoms. The second-order valence-corrected chi connectivity index (χ2v) is 5.01. The van der Waals surface area contributed by atoms with E-state index >= 15 is 0 Å². The van der Waals surface area contributed by atoms with Gasteiger partial charge in [0.15, 0.2) is 0 Å². The van der Waals surface area contributed by atoms with Crippen LogP contribution in [0, 0.1) is 5.92 Å². The van der Waals surface area contributed by atoms with Crippen LogP contribution in [0.3, 0.4) is 0 Å². The maximum Gasteiger partial charge on any atom is 0.251 e. The summed E-state index contributed by atoms with van der Waals surface area (Å²) in [5.74, 6) is 0.547. The van der Waals surface area contributed by atoms with Crippen LogP contribution < -0.4 is 10.6 Å². The van der Waals surface area contributed by atoms with E-state index in [0.717, 1.165) is 25.2 Å². The van der Waals surface area contributed by atoms with Crippen molar-refractivity contribution < 1.29 is 9.53 Å². The molecule has 1 aromatic rings. The fraction of sp³-hybridized carbons (Fsp3) is 0.533. The molecule has 112 valence electrons. The first-order valence-electron chi connectivity index (χ1n) is 6.87. The summed E-state index contributed by atoms with van der Waals surface area (Å²) in [6.07, 6.45) is 2.38. The average molecular weight is 299 g/mol. The SMILES string of the molecule is COCc1ccccc1C(=O)NCC1CCCNC1.Cl. The molecule has 0 bridgehead atoms. The number of hydrogen-bond donors (Lipinski definition) is 2. The Bertz CT molecular complexity index is 420. The molecule has 0 aliphatic carbocycles. The predicted octanol–water partition coefficient (Wildman–Crippen LogP) is 1.98. The molecule has 0 aromatic heterocycles. The molecule has 1 atom stereocenters. The first-order valence-corrected chi connectivity index (χ1v) is 6.87. The Hall–Kier alpha value is -1.10. The van der Waals surface area contributed by atoms with Crippen LogP contribution in [0.15, 0.2) is 24.3 Å². The zero-order chi connectivity index (χ0) is 13.5. The molecule has 1 unspecified atom stereocenters. The van der Waals surface area contributed by atoms with Crippen molar-refractivity contribution in [2.75, 3.05) is 26.7 Å². The lowest BCUT2D eigenvalue weighted by Gasteiger charge is -2.23. The van der Waals surface area contributed by atoms with Gasteiger partial charge in [0.2, 0.25) is 0 Å². The lowest BCUT2D eigenvalue weighted by Crippen LogP contribution is -2.38. The van der Waals surface area contributed by atoms with Gasteiger partial charge in [-0.2, -0.15) is 0 Å². The fourth-order valence-corrected chi connectivity index (χ4v) is 2.45. The van der Waals surface area contributed by atoms with Gasteiger partial charge in [-0.05, 0) is 43.5 Å². The van der Waals surface area contributed by atoms with Crippen LogP contribution in [0.4, 0.5) is 0 Å². The van der Waals surface area contributed by atoms with E-state index in [0.29, 0.717) is 18.1 Å². The predicted molar refractivity (Wildman–Crippen MR) is 82.3 cm³/mol. The Morgan fingerprint density at radius 2 is 2.25 bits per heavy atom. The van der Waals surface area contributed by atoms with Crippen molar-refractivity contribution in [3.05, 3.63) is 35.4 Å². The van der Waals surface area contributed by atoms with Gasteiger partial charge >= 0.3 is 0 Å². The van der Waals surface area contributed by atoms with Gasteiger partial charge in [-0.1, -0.05) is 18.2 Å².